The van der Waals surface area contributed by atoms with Crippen molar-refractivity contribution in [1.82, 2.24) is 15.0 Å². The highest BCUT2D eigenvalue weighted by Crippen LogP contribution is 2.38. The third kappa shape index (κ3) is 10.0. The van der Waals surface area contributed by atoms with Gasteiger partial charge in [0, 0.05) is 17.8 Å². The third-order valence-corrected chi connectivity index (χ3v) is 10.2. The molecule has 0 radical (unpaired) electrons. The van der Waals surface area contributed by atoms with E-state index in [1.165, 1.54) is 87.2 Å². The summed E-state index contributed by atoms with van der Waals surface area (Å²) in [6.45, 7) is 4.63. The maximum Gasteiger partial charge on any atom is 0.350 e. The maximum absolute atomic E-state index is 14.0. The zero-order valence-corrected chi connectivity index (χ0v) is 33.6. The second-order valence-electron chi connectivity index (χ2n) is 14.6. The van der Waals surface area contributed by atoms with Crippen LogP contribution in [-0.4, -0.2) is 62.7 Å². The van der Waals surface area contributed by atoms with Gasteiger partial charge >= 0.3 is 18.0 Å². The van der Waals surface area contributed by atoms with E-state index in [1.807, 2.05) is 19.1 Å². The van der Waals surface area contributed by atoms with Crippen molar-refractivity contribution in [2.24, 2.45) is 0 Å². The number of anilines is 2. The van der Waals surface area contributed by atoms with Crippen LogP contribution in [0.15, 0.2) is 91.0 Å². The molecular formula is C46H49N5O8. The molecule has 0 aliphatic carbocycles. The Bertz CT molecular complexity index is 2480. The highest BCUT2D eigenvalue weighted by atomic mass is 16.5. The monoisotopic (exact) mass is 799 g/mol. The predicted molar refractivity (Wildman–Crippen MR) is 227 cm³/mol. The van der Waals surface area contributed by atoms with Gasteiger partial charge in [-0.2, -0.15) is 4.68 Å². The number of aryl methyl sites for hydroxylation is 1. The number of fused-ring (bicyclic) bond motifs is 2. The molecule has 0 saturated carbocycles. The van der Waals surface area contributed by atoms with E-state index in [4.69, 9.17) is 9.47 Å². The highest BCUT2D eigenvalue weighted by molar-refractivity contribution is 6.12. The smallest absolute Gasteiger partial charge is 0.350 e. The number of hydrogen-bond donors (Lipinski definition) is 3. The van der Waals surface area contributed by atoms with Crippen molar-refractivity contribution in [3.8, 4) is 17.2 Å². The second kappa shape index (κ2) is 19.6. The molecule has 0 unspecified atom stereocenters. The summed E-state index contributed by atoms with van der Waals surface area (Å²) in [6.07, 6.45) is 12.1. The SMILES string of the molecule is CCCCCCCCCCCCOc1ccc(C)cc1NC(=O)c1cc(OC(=O)c2ccccc2N(C)C(=O)n2nnc3cc(C(=O)O)ccc32)c2ccccc2c1O. The van der Waals surface area contributed by atoms with Crippen LogP contribution in [0.4, 0.5) is 16.2 Å². The number of carbonyl (C=O) groups excluding carboxylic acids is 3. The molecule has 0 atom stereocenters. The standard InChI is InChI=1S/C46H49N5O8/c1-4-5-6-7-8-9-10-11-12-17-26-58-40-25-22-30(2)27-37(40)47-43(53)35-29-41(32-18-13-14-19-33(32)42(35)52)59-45(56)34-20-15-16-21-38(34)50(3)46(57)51-39-24-23-31(44(54)55)28-36(39)48-49-51/h13-16,18-25,27-29,52H,4-12,17,26H2,1-3H3,(H,47,53)(H,54,55). The van der Waals surface area contributed by atoms with Crippen LogP contribution in [0.1, 0.15) is 108 Å². The summed E-state index contributed by atoms with van der Waals surface area (Å²) in [7, 11) is 1.45. The lowest BCUT2D eigenvalue weighted by molar-refractivity contribution is 0.0694. The van der Waals surface area contributed by atoms with E-state index < -0.39 is 23.9 Å². The minimum Gasteiger partial charge on any atom is -0.506 e. The average Bonchev–Trinajstić information content (AvgIpc) is 3.67. The van der Waals surface area contributed by atoms with Crippen LogP contribution in [0.3, 0.4) is 0 Å². The molecule has 6 rings (SSSR count). The lowest BCUT2D eigenvalue weighted by Crippen LogP contribution is -2.33. The Morgan fingerprint density at radius 3 is 2.17 bits per heavy atom. The van der Waals surface area contributed by atoms with Crippen molar-refractivity contribution >= 4 is 57.1 Å². The van der Waals surface area contributed by atoms with Gasteiger partial charge < -0.3 is 25.0 Å². The van der Waals surface area contributed by atoms with Gasteiger partial charge in [-0.15, -0.1) is 5.10 Å². The Hall–Kier alpha value is -6.76. The molecule has 6 aromatic rings. The zero-order chi connectivity index (χ0) is 41.9. The van der Waals surface area contributed by atoms with Gasteiger partial charge in [-0.25, -0.2) is 14.4 Å². The van der Waals surface area contributed by atoms with Crippen LogP contribution in [0.25, 0.3) is 21.8 Å². The van der Waals surface area contributed by atoms with E-state index in [1.54, 1.807) is 48.5 Å². The molecule has 3 N–H and O–H groups in total. The van der Waals surface area contributed by atoms with E-state index in [0.29, 0.717) is 23.4 Å². The minimum atomic E-state index is -1.15. The lowest BCUT2D eigenvalue weighted by atomic mass is 10.0. The number of carboxylic acid groups (broad SMARTS) is 1. The van der Waals surface area contributed by atoms with E-state index in [2.05, 4.69) is 22.6 Å². The molecule has 306 valence electrons. The fraction of sp³-hybridized carbons (Fsp3) is 0.304. The van der Waals surface area contributed by atoms with Crippen molar-refractivity contribution in [2.45, 2.75) is 78.1 Å². The number of para-hydroxylation sites is 1. The van der Waals surface area contributed by atoms with Gasteiger partial charge in [-0.05, 0) is 67.4 Å². The number of benzene rings is 5. The molecule has 0 bridgehead atoms. The summed E-state index contributed by atoms with van der Waals surface area (Å²) in [5.41, 5.74) is 1.88. The molecular weight excluding hydrogens is 751 g/mol. The van der Waals surface area contributed by atoms with E-state index >= 15 is 0 Å². The van der Waals surface area contributed by atoms with E-state index in [-0.39, 0.29) is 50.3 Å². The summed E-state index contributed by atoms with van der Waals surface area (Å²) in [5.74, 6) is -2.40. The van der Waals surface area contributed by atoms with Gasteiger partial charge in [-0.1, -0.05) is 112 Å². The third-order valence-electron chi connectivity index (χ3n) is 10.2. The fourth-order valence-electron chi connectivity index (χ4n) is 6.95. The Morgan fingerprint density at radius 1 is 0.763 bits per heavy atom. The molecule has 59 heavy (non-hydrogen) atoms. The first-order valence-corrected chi connectivity index (χ1v) is 20.0. The summed E-state index contributed by atoms with van der Waals surface area (Å²) in [6, 6.07) is 23.2. The van der Waals surface area contributed by atoms with Crippen LogP contribution in [0, 0.1) is 6.92 Å². The van der Waals surface area contributed by atoms with Crippen molar-refractivity contribution in [3.63, 3.8) is 0 Å². The largest absolute Gasteiger partial charge is 0.506 e. The van der Waals surface area contributed by atoms with Crippen molar-refractivity contribution in [3.05, 3.63) is 113 Å². The summed E-state index contributed by atoms with van der Waals surface area (Å²) in [4.78, 5) is 54.2. The number of hydrogen-bond acceptors (Lipinski definition) is 9. The van der Waals surface area contributed by atoms with Crippen LogP contribution in [0.2, 0.25) is 0 Å². The lowest BCUT2D eigenvalue weighted by Gasteiger charge is -2.20. The molecule has 0 aliphatic heterocycles. The molecule has 1 aromatic heterocycles. The fourth-order valence-corrected chi connectivity index (χ4v) is 6.95. The topological polar surface area (TPSA) is 173 Å². The van der Waals surface area contributed by atoms with Crippen molar-refractivity contribution in [1.29, 1.82) is 0 Å². The van der Waals surface area contributed by atoms with Crippen molar-refractivity contribution < 1.29 is 38.9 Å². The summed E-state index contributed by atoms with van der Waals surface area (Å²) < 4.78 is 13.1. The van der Waals surface area contributed by atoms with Gasteiger partial charge in [0.2, 0.25) is 0 Å². The normalized spacial score (nSPS) is 11.1. The van der Waals surface area contributed by atoms with Crippen LogP contribution < -0.4 is 19.7 Å². The molecule has 5 aromatic carbocycles. The first kappa shape index (κ1) is 41.9. The number of nitrogens with zero attached hydrogens (tertiary/aromatic N) is 4. The molecule has 0 saturated heterocycles. The highest BCUT2D eigenvalue weighted by Gasteiger charge is 2.26. The number of aromatic nitrogens is 3. The van der Waals surface area contributed by atoms with E-state index in [9.17, 15) is 29.4 Å². The molecule has 1 heterocycles. The van der Waals surface area contributed by atoms with Crippen LogP contribution in [-0.2, 0) is 0 Å². The number of unbranched alkanes of at least 4 members (excludes halogenated alkanes) is 9. The Labute approximate surface area is 342 Å². The minimum absolute atomic E-state index is 0.00965. The Morgan fingerprint density at radius 2 is 1.44 bits per heavy atom. The number of nitrogens with one attached hydrogen (secondary N) is 1. The number of carboxylic acids is 1. The molecule has 0 aliphatic rings. The predicted octanol–water partition coefficient (Wildman–Crippen LogP) is 10.2. The second-order valence-corrected chi connectivity index (χ2v) is 14.6. The number of carbonyl (C=O) groups is 4. The Kier molecular flexibility index (Phi) is 13.9. The number of amides is 2. The molecule has 13 nitrogen and oxygen atoms in total. The number of rotatable bonds is 18. The van der Waals surface area contributed by atoms with Crippen LogP contribution >= 0.6 is 0 Å². The van der Waals surface area contributed by atoms with Gasteiger partial charge in [0.25, 0.3) is 5.91 Å². The van der Waals surface area contributed by atoms with Gasteiger partial charge in [0.15, 0.2) is 0 Å². The summed E-state index contributed by atoms with van der Waals surface area (Å²) in [5, 5.41) is 32.2. The number of phenols is 1. The number of aromatic carboxylic acids is 1. The number of ether oxygens (including phenoxy) is 2. The first-order chi connectivity index (χ1) is 28.6. The van der Waals surface area contributed by atoms with Gasteiger partial charge in [-0.3, -0.25) is 9.69 Å². The number of phenolic OH excluding ortho intramolecular Hbond substituents is 1. The number of aromatic hydroxyl groups is 1. The van der Waals surface area contributed by atoms with E-state index in [0.717, 1.165) is 29.5 Å². The first-order valence-electron chi connectivity index (χ1n) is 20.0. The maximum atomic E-state index is 14.0. The Balaban J connectivity index is 1.17. The molecule has 2 amide bonds. The van der Waals surface area contributed by atoms with Gasteiger partial charge in [0.05, 0.1) is 40.2 Å². The molecule has 13 heteroatoms. The molecule has 0 spiro atoms. The van der Waals surface area contributed by atoms with Crippen molar-refractivity contribution in [2.75, 3.05) is 23.9 Å². The summed E-state index contributed by atoms with van der Waals surface area (Å²) >= 11 is 0. The average molecular weight is 800 g/mol. The zero-order valence-electron chi connectivity index (χ0n) is 33.6. The van der Waals surface area contributed by atoms with Gasteiger partial charge in [0.1, 0.15) is 22.8 Å². The van der Waals surface area contributed by atoms with Crippen LogP contribution in [0.5, 0.6) is 17.2 Å². The molecule has 0 fully saturated rings. The quantitative estimate of drug-likeness (QED) is 0.0431. The number of esters is 1.